The molecule has 140 heavy (non-hydrogen) atoms. The molecule has 0 aromatic heterocycles. The molecule has 5 aromatic rings. The highest BCUT2D eigenvalue weighted by Crippen LogP contribution is 2.43. The van der Waals surface area contributed by atoms with Crippen molar-refractivity contribution in [2.24, 2.45) is 11.8 Å². The zero-order valence-electron chi connectivity index (χ0n) is 88.0. The third kappa shape index (κ3) is 43.2. The van der Waals surface area contributed by atoms with E-state index in [0.717, 1.165) is 175 Å². The van der Waals surface area contributed by atoms with Crippen LogP contribution < -0.4 is 23.7 Å². The normalized spacial score (nSPS) is 19.1. The Hall–Kier alpha value is -6.57. The van der Waals surface area contributed by atoms with Crippen LogP contribution in [-0.2, 0) is 171 Å². The second-order valence-electron chi connectivity index (χ2n) is 38.0. The molecule has 0 fully saturated rings. The molecule has 0 bridgehead atoms. The van der Waals surface area contributed by atoms with Gasteiger partial charge in [0.2, 0.25) is 28.9 Å². The number of hydrogen-bond donors (Lipinski definition) is 0. The number of hydrogen-bond acceptors (Lipinski definition) is 28. The molecule has 36 heteroatoms. The van der Waals surface area contributed by atoms with Crippen molar-refractivity contribution in [3.63, 3.8) is 0 Å². The van der Waals surface area contributed by atoms with E-state index in [9.17, 15) is 28.8 Å². The predicted octanol–water partition coefficient (Wildman–Crippen LogP) is 24.9. The van der Waals surface area contributed by atoms with Gasteiger partial charge < -0.3 is 100 Å². The number of carbonyl (C=O) groups is 6. The molecule has 0 amide bonds. The number of unbranched alkanes of at least 4 members (excludes halogenated alkanes) is 9. The molecule has 0 spiro atoms. The van der Waals surface area contributed by atoms with Crippen molar-refractivity contribution >= 4 is 110 Å². The van der Waals surface area contributed by atoms with E-state index in [1.165, 1.54) is 104 Å². The Bertz CT molecular complexity index is 4550. The van der Waals surface area contributed by atoms with E-state index in [2.05, 4.69) is 104 Å². The lowest BCUT2D eigenvalue weighted by Gasteiger charge is -2.36. The van der Waals surface area contributed by atoms with E-state index in [-0.39, 0.29) is 12.1 Å². The molecule has 5 aromatic carbocycles. The topological polar surface area (TPSA) is 305 Å². The highest BCUT2D eigenvalue weighted by atomic mass is 35.8. The van der Waals surface area contributed by atoms with Gasteiger partial charge in [-0.2, -0.15) is 0 Å². The first kappa shape index (κ1) is 122. The molecule has 0 radical (unpaired) electrons. The predicted molar refractivity (Wildman–Crippen MR) is 551 cm³/mol. The first-order valence-electron chi connectivity index (χ1n) is 50.2. The average Bonchev–Trinajstić information content (AvgIpc) is 0.808. The smallest absolute Gasteiger partial charge is 0.462 e. The van der Waals surface area contributed by atoms with Gasteiger partial charge in [-0.15, -0.1) is 33.2 Å². The maximum absolute atomic E-state index is 11.6. The van der Waals surface area contributed by atoms with Crippen LogP contribution in [0.5, 0.6) is 28.7 Å². The van der Waals surface area contributed by atoms with E-state index in [0.29, 0.717) is 83.6 Å². The minimum Gasteiger partial charge on any atom is -0.462 e. The van der Waals surface area contributed by atoms with Crippen molar-refractivity contribution in [3.8, 4) is 28.7 Å². The summed E-state index contributed by atoms with van der Waals surface area (Å²) in [5, 5.41) is 0. The largest absolute Gasteiger partial charge is 0.705 e. The molecule has 5 heterocycles. The van der Waals surface area contributed by atoms with Crippen molar-refractivity contribution in [1.82, 2.24) is 0 Å². The second kappa shape index (κ2) is 59.3. The zero-order chi connectivity index (χ0) is 104. The zero-order valence-corrected chi connectivity index (χ0v) is 95.3. The quantitative estimate of drug-likeness (QED) is 0.0198. The van der Waals surface area contributed by atoms with Crippen molar-refractivity contribution in [2.75, 3.05) is 41.2 Å². The van der Waals surface area contributed by atoms with Crippen molar-refractivity contribution < 1.29 is 129 Å². The number of halogens is 3. The van der Waals surface area contributed by atoms with E-state index >= 15 is 0 Å². The number of fused-ring (bicyclic) bond motifs is 5. The summed E-state index contributed by atoms with van der Waals surface area (Å²) in [5.74, 6) is -1.36. The van der Waals surface area contributed by atoms with Gasteiger partial charge in [0, 0.05) is 189 Å². The van der Waals surface area contributed by atoms with Gasteiger partial charge in [0.15, 0.2) is 0 Å². The Balaban J connectivity index is 0.000000270. The van der Waals surface area contributed by atoms with Crippen LogP contribution in [0.25, 0.3) is 0 Å². The fourth-order valence-electron chi connectivity index (χ4n) is 16.6. The fraction of sp³-hybridized carbons (Fsp3) is 0.654. The molecule has 5 atom stereocenters. The van der Waals surface area contributed by atoms with Crippen LogP contribution in [0.1, 0.15) is 323 Å². The number of benzene rings is 5. The Morgan fingerprint density at radius 1 is 0.307 bits per heavy atom. The molecule has 28 nitrogen and oxygen atoms in total. The van der Waals surface area contributed by atoms with Gasteiger partial charge in [-0.1, -0.05) is 137 Å². The van der Waals surface area contributed by atoms with Gasteiger partial charge in [0.25, 0.3) is 35.8 Å². The standard InChI is InChI=1S/C23H34O8Si.C23H40O5Si.C22H32O8Si.C20H34O5Si.C16H23Cl3O2Si/c1-6-7-8-9-13-23(5)27-16-21-15-20(10-11-22(21)28-23)12-14-32(29-17(2)24,30-18(3)25)31-19(4)26;1-6-10-11-12-16-23(5)24-19-21-18-20(13-14-22(21)28-23)15-17-29(25-7-2,26-8-3)27-9-4;1-15(2)9-11-22(6)26-14-20-13-19(7-8-21(20)27-22)10-12-31(28-16(3)23,29-17(4)24)30-18(5)25;1-6-7-8-9-13-20(2)24-16-18-15-17(10-11-19(18)25-20)12-14-26(21-3,22-4)23-5;1-12(2)6-8-16(3)20-11-14-10-13(4-5-15(14)21-16)7-9-22(17,18)19/h10-11,15H,6-9,12-14,16H2,1-5H3;13-14,18H,6-12,15-17,19H2,1-5H3;7-8,13,15H,9-12,14H2,1-6H3;10-11,15H,6-9,12-14,16H2,1-5H3;4-5,10,12H,6-9,11H2,1-3H3. The summed E-state index contributed by atoms with van der Waals surface area (Å²) in [6.45, 7) is 42.9. The van der Waals surface area contributed by atoms with Crippen LogP contribution in [0.4, 0.5) is 0 Å². The third-order valence-corrected chi connectivity index (χ3v) is 37.7. The SMILES string of the molecule is CC(=O)O[Si](CCc1ccc2c(c1)COC(C)(CCC(C)C)O2)(OC(C)=O)OC(C)=O.CC(C)CCC1(C)OCc2cc(CC[Si](Cl)(Cl)Cl)ccc2O1.CCCCCCC1(C)OCc2cc(CC[Si](OC(C)=O)(OC(C)=O)OC(C)=O)ccc2O1.CCCCCCC1(C)OCc2cc(CC[Si](OC)(OC)OC)ccc2O1.CCCCCCC1(C)OCc2cc(CC[Si](OCC)(OCC)OCC)ccc2O1. The molecule has 0 saturated carbocycles. The van der Waals surface area contributed by atoms with Gasteiger partial charge in [0.05, 0.1) is 45.1 Å². The lowest BCUT2D eigenvalue weighted by Crippen LogP contribution is -2.49. The van der Waals surface area contributed by atoms with Crippen LogP contribution in [-0.4, -0.2) is 147 Å². The number of rotatable bonds is 51. The number of ether oxygens (including phenoxy) is 10. The Kier molecular flexibility index (Phi) is 51.7. The summed E-state index contributed by atoms with van der Waals surface area (Å²) >= 11 is 17.8. The third-order valence-electron chi connectivity index (χ3n) is 24.1. The molecule has 788 valence electrons. The summed E-state index contributed by atoms with van der Waals surface area (Å²) in [7, 11) is -7.94. The Labute approximate surface area is 854 Å². The van der Waals surface area contributed by atoms with Crippen LogP contribution in [0.3, 0.4) is 0 Å². The minimum absolute atomic E-state index is 0.0817. The highest BCUT2D eigenvalue weighted by molar-refractivity contribution is 7.64. The molecule has 5 aliphatic heterocycles. The fourth-order valence-corrected chi connectivity index (χ4v) is 27.0. The molecule has 5 unspecified atom stereocenters. The Morgan fingerprint density at radius 3 is 0.721 bits per heavy atom. The number of carbonyl (C=O) groups excluding carboxylic acids is 6. The molecular weight excluding hydrogens is 1940 g/mol. The lowest BCUT2D eigenvalue weighted by atomic mass is 10.0. The molecule has 5 aliphatic rings. The maximum Gasteiger partial charge on any atom is 0.705 e. The first-order valence-corrected chi connectivity index (χ1v) is 63.2. The summed E-state index contributed by atoms with van der Waals surface area (Å²) in [6, 6.07) is 30.1. The van der Waals surface area contributed by atoms with Crippen molar-refractivity contribution in [1.29, 1.82) is 0 Å². The van der Waals surface area contributed by atoms with Crippen LogP contribution >= 0.6 is 33.2 Å². The highest BCUT2D eigenvalue weighted by Gasteiger charge is 2.53. The summed E-state index contributed by atoms with van der Waals surface area (Å²) in [5.41, 5.74) is 10.5. The van der Waals surface area contributed by atoms with E-state index in [4.69, 9.17) is 134 Å². The van der Waals surface area contributed by atoms with Gasteiger partial charge >= 0.3 is 41.2 Å². The van der Waals surface area contributed by atoms with Crippen LogP contribution in [0.2, 0.25) is 30.2 Å². The van der Waals surface area contributed by atoms with Crippen LogP contribution in [0, 0.1) is 11.8 Å². The summed E-state index contributed by atoms with van der Waals surface area (Å²) in [6.07, 6.45) is 24.0. The second-order valence-corrected chi connectivity index (χ2v) is 58.0. The van der Waals surface area contributed by atoms with Gasteiger partial charge in [-0.3, -0.25) is 28.8 Å². The van der Waals surface area contributed by atoms with E-state index < -0.39 is 106 Å². The molecule has 0 N–H and O–H groups in total. The lowest BCUT2D eigenvalue weighted by molar-refractivity contribution is -0.199. The first-order chi connectivity index (χ1) is 66.1. The van der Waals surface area contributed by atoms with Gasteiger partial charge in [0.1, 0.15) is 28.7 Å². The minimum atomic E-state index is -3.86. The molecule has 0 saturated heterocycles. The van der Waals surface area contributed by atoms with Crippen molar-refractivity contribution in [2.45, 2.75) is 392 Å². The molecule has 10 rings (SSSR count). The van der Waals surface area contributed by atoms with Gasteiger partial charge in [-0.25, -0.2) is 0 Å². The average molecular weight is 2110 g/mol. The van der Waals surface area contributed by atoms with Crippen molar-refractivity contribution in [3.05, 3.63) is 147 Å². The summed E-state index contributed by atoms with van der Waals surface area (Å²) < 4.78 is 127. The van der Waals surface area contributed by atoms with Gasteiger partial charge in [-0.05, 0) is 191 Å². The Morgan fingerprint density at radius 2 is 0.521 bits per heavy atom. The number of aryl methyl sites for hydroxylation is 5. The van der Waals surface area contributed by atoms with Crippen LogP contribution in [0.15, 0.2) is 91.0 Å². The molecule has 0 aliphatic carbocycles. The van der Waals surface area contributed by atoms with E-state index in [1.807, 2.05) is 90.9 Å². The van der Waals surface area contributed by atoms with E-state index in [1.54, 1.807) is 21.3 Å². The monoisotopic (exact) mass is 2100 g/mol. The summed E-state index contributed by atoms with van der Waals surface area (Å²) in [4.78, 5) is 69.5. The maximum atomic E-state index is 11.6. The molecular formula is C104H163Cl3O28Si5.